The third-order valence-corrected chi connectivity index (χ3v) is 2.94. The highest BCUT2D eigenvalue weighted by atomic mass is 16.5. The molecule has 1 heterocycles. The molecule has 0 bridgehead atoms. The third-order valence-electron chi connectivity index (χ3n) is 2.94. The SMILES string of the molecule is COc1cc(C(C)C)ccc1-c1oncc1C(=O)O. The fourth-order valence-corrected chi connectivity index (χ4v) is 1.84. The van der Waals surface area contributed by atoms with Gasteiger partial charge in [-0.15, -0.1) is 0 Å². The van der Waals surface area contributed by atoms with Gasteiger partial charge in [0, 0.05) is 0 Å². The van der Waals surface area contributed by atoms with Crippen molar-refractivity contribution in [3.63, 3.8) is 0 Å². The normalized spacial score (nSPS) is 10.7. The van der Waals surface area contributed by atoms with Gasteiger partial charge in [0.15, 0.2) is 5.76 Å². The number of hydrogen-bond donors (Lipinski definition) is 1. The van der Waals surface area contributed by atoms with Gasteiger partial charge in [-0.3, -0.25) is 0 Å². The van der Waals surface area contributed by atoms with E-state index in [1.54, 1.807) is 13.2 Å². The van der Waals surface area contributed by atoms with E-state index >= 15 is 0 Å². The fourth-order valence-electron chi connectivity index (χ4n) is 1.84. The molecule has 0 aliphatic heterocycles. The molecule has 0 aliphatic rings. The van der Waals surface area contributed by atoms with Crippen LogP contribution in [0.25, 0.3) is 11.3 Å². The van der Waals surface area contributed by atoms with Crippen LogP contribution in [-0.4, -0.2) is 23.3 Å². The fraction of sp³-hybridized carbons (Fsp3) is 0.286. The van der Waals surface area contributed by atoms with Crippen LogP contribution < -0.4 is 4.74 Å². The molecule has 0 saturated carbocycles. The zero-order chi connectivity index (χ0) is 14.0. The van der Waals surface area contributed by atoms with Crippen LogP contribution in [0, 0.1) is 0 Å². The number of carboxylic acid groups (broad SMARTS) is 1. The lowest BCUT2D eigenvalue weighted by molar-refractivity contribution is 0.0697. The first kappa shape index (κ1) is 13.1. The van der Waals surface area contributed by atoms with Crippen molar-refractivity contribution in [1.29, 1.82) is 0 Å². The van der Waals surface area contributed by atoms with Crippen molar-refractivity contribution < 1.29 is 19.2 Å². The number of hydrogen-bond acceptors (Lipinski definition) is 4. The van der Waals surface area contributed by atoms with E-state index in [-0.39, 0.29) is 11.3 Å². The Hall–Kier alpha value is -2.30. The number of methoxy groups -OCH3 is 1. The van der Waals surface area contributed by atoms with Crippen molar-refractivity contribution >= 4 is 5.97 Å². The largest absolute Gasteiger partial charge is 0.496 e. The highest BCUT2D eigenvalue weighted by Gasteiger charge is 2.20. The van der Waals surface area contributed by atoms with E-state index in [0.29, 0.717) is 17.2 Å². The lowest BCUT2D eigenvalue weighted by Gasteiger charge is -2.11. The molecule has 0 spiro atoms. The second kappa shape index (κ2) is 5.14. The van der Waals surface area contributed by atoms with Gasteiger partial charge in [-0.2, -0.15) is 0 Å². The summed E-state index contributed by atoms with van der Waals surface area (Å²) in [5, 5.41) is 12.6. The van der Waals surface area contributed by atoms with Crippen LogP contribution in [0.3, 0.4) is 0 Å². The minimum absolute atomic E-state index is 0.0237. The Bertz CT molecular complexity index is 601. The Morgan fingerprint density at radius 1 is 1.42 bits per heavy atom. The first-order chi connectivity index (χ1) is 9.04. The molecule has 1 aromatic heterocycles. The smallest absolute Gasteiger partial charge is 0.341 e. The maximum absolute atomic E-state index is 11.1. The molecule has 1 N–H and O–H groups in total. The summed E-state index contributed by atoms with van der Waals surface area (Å²) < 4.78 is 10.4. The van der Waals surface area contributed by atoms with Crippen LogP contribution in [0.4, 0.5) is 0 Å². The Kier molecular flexibility index (Phi) is 3.55. The maximum atomic E-state index is 11.1. The van der Waals surface area contributed by atoms with Gasteiger partial charge >= 0.3 is 5.97 Å². The zero-order valence-corrected chi connectivity index (χ0v) is 11.0. The zero-order valence-electron chi connectivity index (χ0n) is 11.0. The number of ether oxygens (including phenoxy) is 1. The van der Waals surface area contributed by atoms with Crippen molar-refractivity contribution in [3.05, 3.63) is 35.5 Å². The Morgan fingerprint density at radius 3 is 2.74 bits per heavy atom. The average molecular weight is 261 g/mol. The molecule has 2 rings (SSSR count). The second-order valence-electron chi connectivity index (χ2n) is 4.49. The van der Waals surface area contributed by atoms with E-state index in [0.717, 1.165) is 5.56 Å². The lowest BCUT2D eigenvalue weighted by Crippen LogP contribution is -1.98. The van der Waals surface area contributed by atoms with Crippen molar-refractivity contribution in [1.82, 2.24) is 5.16 Å². The summed E-state index contributed by atoms with van der Waals surface area (Å²) in [7, 11) is 1.54. The lowest BCUT2D eigenvalue weighted by atomic mass is 9.99. The topological polar surface area (TPSA) is 72.6 Å². The number of carbonyl (C=O) groups is 1. The predicted octanol–water partition coefficient (Wildman–Crippen LogP) is 3.17. The first-order valence-electron chi connectivity index (χ1n) is 5.91. The summed E-state index contributed by atoms with van der Waals surface area (Å²) in [6.07, 6.45) is 1.19. The minimum Gasteiger partial charge on any atom is -0.496 e. The van der Waals surface area contributed by atoms with E-state index in [1.165, 1.54) is 6.20 Å². The molecule has 100 valence electrons. The molecular weight excluding hydrogens is 246 g/mol. The van der Waals surface area contributed by atoms with Gasteiger partial charge in [-0.1, -0.05) is 25.1 Å². The molecule has 19 heavy (non-hydrogen) atoms. The standard InChI is InChI=1S/C14H15NO4/c1-8(2)9-4-5-10(12(6-9)18-3)13-11(14(16)17)7-15-19-13/h4-8H,1-3H3,(H,16,17). The monoisotopic (exact) mass is 261 g/mol. The molecule has 0 saturated heterocycles. The predicted molar refractivity (Wildman–Crippen MR) is 69.5 cm³/mol. The van der Waals surface area contributed by atoms with Gasteiger partial charge < -0.3 is 14.4 Å². The molecule has 0 amide bonds. The number of rotatable bonds is 4. The molecule has 0 unspecified atom stereocenters. The number of benzene rings is 1. The summed E-state index contributed by atoms with van der Waals surface area (Å²) in [5.41, 5.74) is 1.72. The van der Waals surface area contributed by atoms with E-state index in [4.69, 9.17) is 14.4 Å². The number of carboxylic acids is 1. The van der Waals surface area contributed by atoms with Crippen LogP contribution >= 0.6 is 0 Å². The first-order valence-corrected chi connectivity index (χ1v) is 5.91. The molecule has 5 heteroatoms. The molecule has 1 aromatic carbocycles. The second-order valence-corrected chi connectivity index (χ2v) is 4.49. The number of nitrogens with zero attached hydrogens (tertiary/aromatic N) is 1. The van der Waals surface area contributed by atoms with Gasteiger partial charge in [0.25, 0.3) is 0 Å². The van der Waals surface area contributed by atoms with E-state index in [1.807, 2.05) is 12.1 Å². The number of aromatic nitrogens is 1. The Morgan fingerprint density at radius 2 is 2.16 bits per heavy atom. The van der Waals surface area contributed by atoms with E-state index in [9.17, 15) is 4.79 Å². The third kappa shape index (κ3) is 2.45. The average Bonchev–Trinajstić information content (AvgIpc) is 2.87. The van der Waals surface area contributed by atoms with Crippen LogP contribution in [0.5, 0.6) is 5.75 Å². The van der Waals surface area contributed by atoms with Gasteiger partial charge in [0.1, 0.15) is 11.3 Å². The van der Waals surface area contributed by atoms with Crippen molar-refractivity contribution in [2.75, 3.05) is 7.11 Å². The summed E-state index contributed by atoms with van der Waals surface area (Å²) in [6.45, 7) is 4.15. The molecule has 0 aliphatic carbocycles. The molecular formula is C14H15NO4. The summed E-state index contributed by atoms with van der Waals surface area (Å²) >= 11 is 0. The molecule has 0 fully saturated rings. The minimum atomic E-state index is -1.08. The molecule has 5 nitrogen and oxygen atoms in total. The highest BCUT2D eigenvalue weighted by Crippen LogP contribution is 2.34. The molecule has 2 aromatic rings. The molecule has 0 radical (unpaired) electrons. The van der Waals surface area contributed by atoms with Crippen molar-refractivity contribution in [2.45, 2.75) is 19.8 Å². The van der Waals surface area contributed by atoms with E-state index < -0.39 is 5.97 Å². The van der Waals surface area contributed by atoms with Crippen LogP contribution in [0.1, 0.15) is 35.7 Å². The summed E-state index contributed by atoms with van der Waals surface area (Å²) in [6, 6.07) is 5.60. The van der Waals surface area contributed by atoms with Crippen LogP contribution in [0.15, 0.2) is 28.9 Å². The van der Waals surface area contributed by atoms with Gasteiger partial charge in [-0.25, -0.2) is 4.79 Å². The van der Waals surface area contributed by atoms with Crippen molar-refractivity contribution in [2.24, 2.45) is 0 Å². The maximum Gasteiger partial charge on any atom is 0.341 e. The Balaban J connectivity index is 2.56. The van der Waals surface area contributed by atoms with Crippen molar-refractivity contribution in [3.8, 4) is 17.1 Å². The van der Waals surface area contributed by atoms with Crippen LogP contribution in [-0.2, 0) is 0 Å². The number of aromatic carboxylic acids is 1. The Labute approximate surface area is 110 Å². The quantitative estimate of drug-likeness (QED) is 0.915. The highest BCUT2D eigenvalue weighted by molar-refractivity contribution is 5.94. The van der Waals surface area contributed by atoms with Gasteiger partial charge in [0.05, 0.1) is 18.9 Å². The van der Waals surface area contributed by atoms with Crippen LogP contribution in [0.2, 0.25) is 0 Å². The van der Waals surface area contributed by atoms with Gasteiger partial charge in [-0.05, 0) is 23.6 Å². The van der Waals surface area contributed by atoms with E-state index in [2.05, 4.69) is 19.0 Å². The summed E-state index contributed by atoms with van der Waals surface area (Å²) in [5.74, 6) is 0.0629. The van der Waals surface area contributed by atoms with Gasteiger partial charge in [0.2, 0.25) is 0 Å². The summed E-state index contributed by atoms with van der Waals surface area (Å²) in [4.78, 5) is 11.1. The molecule has 0 atom stereocenters.